The van der Waals surface area contributed by atoms with Crippen molar-refractivity contribution in [3.63, 3.8) is 0 Å². The van der Waals surface area contributed by atoms with Gasteiger partial charge < -0.3 is 21.9 Å². The van der Waals surface area contributed by atoms with Crippen LogP contribution in [0.15, 0.2) is 0 Å². The third-order valence-corrected chi connectivity index (χ3v) is 2.17. The monoisotopic (exact) mass is 371 g/mol. The second kappa shape index (κ2) is 13.9. The number of carboxylic acid groups (broad SMARTS) is 4. The topological polar surface area (TPSA) is 156 Å². The number of carboxylic acids is 4. The molecule has 0 spiro atoms. The molecule has 0 atom stereocenters. The average Bonchev–Trinajstić information content (AvgIpc) is 2.22. The van der Waals surface area contributed by atoms with Crippen molar-refractivity contribution in [3.8, 4) is 0 Å². The van der Waals surface area contributed by atoms with Gasteiger partial charge in [0.15, 0.2) is 0 Å². The van der Waals surface area contributed by atoms with Crippen molar-refractivity contribution in [2.24, 2.45) is 0 Å². The molecule has 1 radical (unpaired) electrons. The Hall–Kier alpha value is -0.681. The Morgan fingerprint density at radius 1 is 0.636 bits per heavy atom. The Kier molecular flexibility index (Phi) is 16.6. The second-order valence-electron chi connectivity index (χ2n) is 4.00. The number of carbonyl (C=O) groups is 4. The van der Waals surface area contributed by atoms with Gasteiger partial charge in [-0.1, -0.05) is 0 Å². The molecule has 4 N–H and O–H groups in total. The number of hydrogen-bond donors (Lipinski definition) is 4. The van der Waals surface area contributed by atoms with Crippen molar-refractivity contribution in [1.29, 1.82) is 0 Å². The molecule has 0 rings (SSSR count). The molecule has 0 aliphatic rings. The molecule has 0 aromatic carbocycles. The van der Waals surface area contributed by atoms with E-state index in [0.29, 0.717) is 0 Å². The Balaban J connectivity index is -0.000000602. The molecule has 0 aliphatic carbocycles. The van der Waals surface area contributed by atoms with Gasteiger partial charge in [-0.15, -0.1) is 0 Å². The van der Waals surface area contributed by atoms with Gasteiger partial charge in [0.1, 0.15) is 0 Å². The molecule has 0 saturated carbocycles. The fraction of sp³-hybridized carbons (Fsp3) is 0.600. The first kappa shape index (κ1) is 26.2. The van der Waals surface area contributed by atoms with E-state index in [9.17, 15) is 19.2 Å². The minimum atomic E-state index is -1.23. The summed E-state index contributed by atoms with van der Waals surface area (Å²) >= 11 is 0. The number of nitrogens with zero attached hydrogens (tertiary/aromatic N) is 2. The third-order valence-electron chi connectivity index (χ3n) is 2.17. The standard InChI is InChI=1S/C10H16N2O8.Mn.Na.H/c13-7(14)3-11(4-8(15)16)1-2-12(5-9(17)18)6-10(19)20;;;/h1-6H2,(H,13,14)(H,15,16)(H,17,18)(H,19,20);;;/q;;+1;-1. The fourth-order valence-corrected chi connectivity index (χ4v) is 1.48. The quantitative estimate of drug-likeness (QED) is 0.260. The zero-order chi connectivity index (χ0) is 15.7. The minimum Gasteiger partial charge on any atom is -1.00 e. The van der Waals surface area contributed by atoms with Crippen molar-refractivity contribution in [1.82, 2.24) is 9.80 Å². The molecule has 0 amide bonds. The van der Waals surface area contributed by atoms with Crippen molar-refractivity contribution in [2.75, 3.05) is 39.3 Å². The van der Waals surface area contributed by atoms with E-state index in [-0.39, 0.29) is 61.1 Å². The smallest absolute Gasteiger partial charge is 1.00 e. The van der Waals surface area contributed by atoms with E-state index in [1.165, 1.54) is 0 Å². The van der Waals surface area contributed by atoms with Gasteiger partial charge in [-0.2, -0.15) is 0 Å². The van der Waals surface area contributed by atoms with Gasteiger partial charge in [-0.05, 0) is 0 Å². The summed E-state index contributed by atoms with van der Waals surface area (Å²) in [5.41, 5.74) is 0. The molecule has 22 heavy (non-hydrogen) atoms. The van der Waals surface area contributed by atoms with Gasteiger partial charge >= 0.3 is 53.4 Å². The molecule has 0 heterocycles. The fourth-order valence-electron chi connectivity index (χ4n) is 1.48. The zero-order valence-electron chi connectivity index (χ0n) is 12.9. The van der Waals surface area contributed by atoms with Crippen LogP contribution >= 0.6 is 0 Å². The van der Waals surface area contributed by atoms with E-state index in [0.717, 1.165) is 9.80 Å². The molecular formula is C10H17MnN2NaO8. The van der Waals surface area contributed by atoms with Crippen molar-refractivity contribution in [3.05, 3.63) is 0 Å². The van der Waals surface area contributed by atoms with Crippen LogP contribution in [0.25, 0.3) is 0 Å². The molecule has 0 aromatic rings. The molecule has 123 valence electrons. The summed E-state index contributed by atoms with van der Waals surface area (Å²) < 4.78 is 0. The van der Waals surface area contributed by atoms with Crippen LogP contribution in [0.2, 0.25) is 0 Å². The molecule has 0 bridgehead atoms. The second-order valence-corrected chi connectivity index (χ2v) is 4.00. The third kappa shape index (κ3) is 15.7. The van der Waals surface area contributed by atoms with Crippen molar-refractivity contribution in [2.45, 2.75) is 0 Å². The van der Waals surface area contributed by atoms with Gasteiger partial charge in [0.2, 0.25) is 0 Å². The first-order chi connectivity index (χ1) is 9.20. The van der Waals surface area contributed by atoms with Crippen LogP contribution in [0.1, 0.15) is 1.43 Å². The van der Waals surface area contributed by atoms with E-state index < -0.39 is 50.1 Å². The molecule has 0 fully saturated rings. The Bertz CT molecular complexity index is 333. The summed E-state index contributed by atoms with van der Waals surface area (Å²) in [7, 11) is 0. The van der Waals surface area contributed by atoms with Crippen LogP contribution < -0.4 is 29.6 Å². The first-order valence-electron chi connectivity index (χ1n) is 5.52. The van der Waals surface area contributed by atoms with E-state index in [2.05, 4.69) is 0 Å². The predicted molar refractivity (Wildman–Crippen MR) is 64.5 cm³/mol. The van der Waals surface area contributed by atoms with Crippen LogP contribution in [0.4, 0.5) is 0 Å². The number of hydrogen-bond acceptors (Lipinski definition) is 6. The van der Waals surface area contributed by atoms with E-state index >= 15 is 0 Å². The van der Waals surface area contributed by atoms with Crippen LogP contribution in [0.3, 0.4) is 0 Å². The predicted octanol–water partition coefficient (Wildman–Crippen LogP) is -4.96. The molecule has 0 aliphatic heterocycles. The summed E-state index contributed by atoms with van der Waals surface area (Å²) in [5.74, 6) is -4.91. The summed E-state index contributed by atoms with van der Waals surface area (Å²) in [6.45, 7) is -2.25. The SMILES string of the molecule is O=C(O)CN(CCN(CC(=O)O)CC(=O)O)CC(=O)O.[H-].[Mn].[Na+]. The Labute approximate surface area is 160 Å². The summed E-state index contributed by atoms with van der Waals surface area (Å²) in [4.78, 5) is 44.4. The maximum atomic E-state index is 10.6. The summed E-state index contributed by atoms with van der Waals surface area (Å²) in [5, 5.41) is 34.5. The molecule has 0 unspecified atom stereocenters. The van der Waals surface area contributed by atoms with Crippen LogP contribution in [-0.4, -0.2) is 93.4 Å². The normalized spacial score (nSPS) is 9.73. The Morgan fingerprint density at radius 2 is 0.818 bits per heavy atom. The average molecular weight is 371 g/mol. The van der Waals surface area contributed by atoms with E-state index in [4.69, 9.17) is 20.4 Å². The molecular weight excluding hydrogens is 354 g/mol. The largest absolute Gasteiger partial charge is 1.00 e. The van der Waals surface area contributed by atoms with Gasteiger partial charge in [0.25, 0.3) is 0 Å². The maximum absolute atomic E-state index is 10.6. The van der Waals surface area contributed by atoms with Gasteiger partial charge in [0, 0.05) is 30.2 Å². The van der Waals surface area contributed by atoms with E-state index in [1.54, 1.807) is 0 Å². The van der Waals surface area contributed by atoms with Gasteiger partial charge in [-0.3, -0.25) is 29.0 Å². The van der Waals surface area contributed by atoms with Crippen molar-refractivity contribution >= 4 is 23.9 Å². The van der Waals surface area contributed by atoms with Gasteiger partial charge in [-0.25, -0.2) is 0 Å². The zero-order valence-corrected chi connectivity index (χ0v) is 15.1. The van der Waals surface area contributed by atoms with Gasteiger partial charge in [0.05, 0.1) is 26.2 Å². The van der Waals surface area contributed by atoms with Crippen LogP contribution in [-0.2, 0) is 36.2 Å². The summed E-state index contributed by atoms with van der Waals surface area (Å²) in [6, 6.07) is 0. The van der Waals surface area contributed by atoms with Crippen LogP contribution in [0, 0.1) is 0 Å². The van der Waals surface area contributed by atoms with Crippen molar-refractivity contribution < 1.29 is 87.7 Å². The Morgan fingerprint density at radius 3 is 0.955 bits per heavy atom. The molecule has 12 heteroatoms. The van der Waals surface area contributed by atoms with Crippen LogP contribution in [0.5, 0.6) is 0 Å². The first-order valence-corrected chi connectivity index (χ1v) is 5.52. The minimum absolute atomic E-state index is 0. The number of rotatable bonds is 11. The molecule has 0 aromatic heterocycles. The number of aliphatic carboxylic acids is 4. The van der Waals surface area contributed by atoms with E-state index in [1.807, 2.05) is 0 Å². The molecule has 0 saturated heterocycles. The summed E-state index contributed by atoms with van der Waals surface area (Å²) in [6.07, 6.45) is 0. The molecule has 10 nitrogen and oxygen atoms in total. The maximum Gasteiger partial charge on any atom is 1.00 e.